The Balaban J connectivity index is 1.55. The molecule has 0 bridgehead atoms. The van der Waals surface area contributed by atoms with Crippen molar-refractivity contribution in [2.45, 2.75) is 10.8 Å². The lowest BCUT2D eigenvalue weighted by atomic mass is 10.0. The maximum atomic E-state index is 12.3. The van der Waals surface area contributed by atoms with E-state index >= 15 is 0 Å². The van der Waals surface area contributed by atoms with Gasteiger partial charge in [-0.25, -0.2) is 8.42 Å². The number of ether oxygens (including phenoxy) is 1. The quantitative estimate of drug-likeness (QED) is 0.565. The molecule has 0 aliphatic carbocycles. The number of sulfonamides is 1. The molecule has 0 N–H and O–H groups in total. The van der Waals surface area contributed by atoms with Crippen LogP contribution in [0, 0.1) is 0 Å². The lowest BCUT2D eigenvalue weighted by Gasteiger charge is -2.15. The summed E-state index contributed by atoms with van der Waals surface area (Å²) in [7, 11) is -2.29. The van der Waals surface area contributed by atoms with E-state index in [0.29, 0.717) is 0 Å². The molecule has 0 aliphatic rings. The highest BCUT2D eigenvalue weighted by Gasteiger charge is 2.24. The van der Waals surface area contributed by atoms with Crippen molar-refractivity contribution >= 4 is 27.3 Å². The average molecular weight is 402 g/mol. The van der Waals surface area contributed by atoms with Crippen molar-refractivity contribution in [3.63, 3.8) is 0 Å². The van der Waals surface area contributed by atoms with Gasteiger partial charge in [0.1, 0.15) is 17.4 Å². The maximum Gasteiger partial charge on any atom is 0.321 e. The van der Waals surface area contributed by atoms with Gasteiger partial charge >= 0.3 is 5.97 Å². The van der Waals surface area contributed by atoms with Crippen LogP contribution in [0.25, 0.3) is 11.1 Å². The van der Waals surface area contributed by atoms with E-state index in [2.05, 4.69) is 0 Å². The third-order valence-corrected chi connectivity index (χ3v) is 7.15. The van der Waals surface area contributed by atoms with E-state index in [0.717, 1.165) is 32.3 Å². The fourth-order valence-corrected chi connectivity index (χ4v) is 4.78. The van der Waals surface area contributed by atoms with Crippen molar-refractivity contribution in [3.8, 4) is 11.1 Å². The molecule has 0 unspecified atom stereocenters. The monoisotopic (exact) mass is 401 g/mol. The van der Waals surface area contributed by atoms with Crippen molar-refractivity contribution in [2.24, 2.45) is 0 Å². The minimum atomic E-state index is -3.66. The SMILES string of the molecule is CN(CC(=O)OCc1ccc(-c2ccccc2)cc1)S(=O)(=O)c1cccs1. The predicted molar refractivity (Wildman–Crippen MR) is 106 cm³/mol. The summed E-state index contributed by atoms with van der Waals surface area (Å²) >= 11 is 1.11. The van der Waals surface area contributed by atoms with Crippen LogP contribution in [0.3, 0.4) is 0 Å². The Morgan fingerprint density at radius 1 is 0.963 bits per heavy atom. The van der Waals surface area contributed by atoms with Crippen LogP contribution in [0.5, 0.6) is 0 Å². The molecule has 2 aromatic carbocycles. The number of carbonyl (C=O) groups is 1. The molecule has 0 saturated heterocycles. The molecule has 27 heavy (non-hydrogen) atoms. The van der Waals surface area contributed by atoms with Gasteiger partial charge < -0.3 is 4.74 Å². The minimum Gasteiger partial charge on any atom is -0.460 e. The number of nitrogens with zero attached hydrogens (tertiary/aromatic N) is 1. The Labute approximate surface area is 162 Å². The summed E-state index contributed by atoms with van der Waals surface area (Å²) in [6.45, 7) is -0.233. The maximum absolute atomic E-state index is 12.3. The largest absolute Gasteiger partial charge is 0.460 e. The van der Waals surface area contributed by atoms with Crippen LogP contribution in [0.15, 0.2) is 76.3 Å². The van der Waals surface area contributed by atoms with E-state index in [1.54, 1.807) is 11.4 Å². The highest BCUT2D eigenvalue weighted by atomic mass is 32.2. The second-order valence-electron chi connectivity index (χ2n) is 5.92. The fourth-order valence-electron chi connectivity index (χ4n) is 2.46. The number of hydrogen-bond donors (Lipinski definition) is 0. The van der Waals surface area contributed by atoms with Gasteiger partial charge in [0.05, 0.1) is 0 Å². The number of thiophene rings is 1. The molecular formula is C20H19NO4S2. The van der Waals surface area contributed by atoms with Gasteiger partial charge in [-0.1, -0.05) is 60.7 Å². The van der Waals surface area contributed by atoms with E-state index in [9.17, 15) is 13.2 Å². The summed E-state index contributed by atoms with van der Waals surface area (Å²) in [5, 5.41) is 1.68. The van der Waals surface area contributed by atoms with Crippen molar-refractivity contribution < 1.29 is 17.9 Å². The molecule has 1 aromatic heterocycles. The molecule has 140 valence electrons. The molecule has 3 rings (SSSR count). The van der Waals surface area contributed by atoms with Crippen LogP contribution >= 0.6 is 11.3 Å². The first-order chi connectivity index (χ1) is 13.0. The summed E-state index contributed by atoms with van der Waals surface area (Å²) < 4.78 is 31.0. The Hall–Kier alpha value is -2.48. The third-order valence-electron chi connectivity index (χ3n) is 3.97. The van der Waals surface area contributed by atoms with Gasteiger partial charge in [-0.05, 0) is 28.1 Å². The van der Waals surface area contributed by atoms with Crippen molar-refractivity contribution in [1.82, 2.24) is 4.31 Å². The van der Waals surface area contributed by atoms with Gasteiger partial charge in [0.25, 0.3) is 10.0 Å². The Kier molecular flexibility index (Phi) is 6.05. The van der Waals surface area contributed by atoms with Crippen molar-refractivity contribution in [1.29, 1.82) is 0 Å². The molecule has 0 spiro atoms. The standard InChI is InChI=1S/C20H19NO4S2/c1-21(27(23,24)20-8-5-13-26-20)14-19(22)25-15-16-9-11-18(12-10-16)17-6-3-2-4-7-17/h2-13H,14-15H2,1H3. The van der Waals surface area contributed by atoms with E-state index in [-0.39, 0.29) is 17.4 Å². The fraction of sp³-hybridized carbons (Fsp3) is 0.150. The summed E-state index contributed by atoms with van der Waals surface area (Å²) in [5.41, 5.74) is 3.03. The second-order valence-corrected chi connectivity index (χ2v) is 9.14. The van der Waals surface area contributed by atoms with Crippen LogP contribution in [-0.2, 0) is 26.2 Å². The zero-order valence-corrected chi connectivity index (χ0v) is 16.4. The average Bonchev–Trinajstić information content (AvgIpc) is 3.23. The van der Waals surface area contributed by atoms with Crippen LogP contribution < -0.4 is 0 Å². The van der Waals surface area contributed by atoms with Crippen LogP contribution in [-0.4, -0.2) is 32.3 Å². The van der Waals surface area contributed by atoms with Crippen LogP contribution in [0.2, 0.25) is 0 Å². The Morgan fingerprint density at radius 3 is 2.26 bits per heavy atom. The van der Waals surface area contributed by atoms with Crippen LogP contribution in [0.4, 0.5) is 0 Å². The second kappa shape index (κ2) is 8.47. The van der Waals surface area contributed by atoms with Crippen molar-refractivity contribution in [2.75, 3.05) is 13.6 Å². The topological polar surface area (TPSA) is 63.7 Å². The van der Waals surface area contributed by atoms with Gasteiger partial charge in [0, 0.05) is 7.05 Å². The lowest BCUT2D eigenvalue weighted by Crippen LogP contribution is -2.32. The van der Waals surface area contributed by atoms with Gasteiger partial charge in [0.15, 0.2) is 0 Å². The van der Waals surface area contributed by atoms with Crippen molar-refractivity contribution in [3.05, 3.63) is 77.7 Å². The highest BCUT2D eigenvalue weighted by molar-refractivity contribution is 7.91. The van der Waals surface area contributed by atoms with Gasteiger partial charge in [-0.15, -0.1) is 11.3 Å². The van der Waals surface area contributed by atoms with E-state index < -0.39 is 16.0 Å². The van der Waals surface area contributed by atoms with E-state index in [1.807, 2.05) is 54.6 Å². The van der Waals surface area contributed by atoms with E-state index in [4.69, 9.17) is 4.74 Å². The number of hydrogen-bond acceptors (Lipinski definition) is 5. The number of carbonyl (C=O) groups excluding carboxylic acids is 1. The minimum absolute atomic E-state index is 0.0980. The first-order valence-corrected chi connectivity index (χ1v) is 10.6. The summed E-state index contributed by atoms with van der Waals surface area (Å²) in [4.78, 5) is 12.0. The van der Waals surface area contributed by atoms with E-state index in [1.165, 1.54) is 13.1 Å². The molecule has 0 saturated carbocycles. The third kappa shape index (κ3) is 4.82. The molecule has 5 nitrogen and oxygen atoms in total. The van der Waals surface area contributed by atoms with Gasteiger partial charge in [-0.3, -0.25) is 4.79 Å². The zero-order chi connectivity index (χ0) is 19.3. The number of likely N-dealkylation sites (N-methyl/N-ethyl adjacent to an activating group) is 1. The highest BCUT2D eigenvalue weighted by Crippen LogP contribution is 2.21. The van der Waals surface area contributed by atoms with Gasteiger partial charge in [-0.2, -0.15) is 4.31 Å². The van der Waals surface area contributed by atoms with Crippen LogP contribution in [0.1, 0.15) is 5.56 Å². The molecule has 0 aliphatic heterocycles. The molecular weight excluding hydrogens is 382 g/mol. The Bertz CT molecular complexity index is 982. The number of benzene rings is 2. The molecule has 3 aromatic rings. The number of rotatable bonds is 7. The first kappa shape index (κ1) is 19.3. The lowest BCUT2D eigenvalue weighted by molar-refractivity contribution is -0.144. The summed E-state index contributed by atoms with van der Waals surface area (Å²) in [6.07, 6.45) is 0. The summed E-state index contributed by atoms with van der Waals surface area (Å²) in [6, 6.07) is 20.8. The zero-order valence-electron chi connectivity index (χ0n) is 14.7. The Morgan fingerprint density at radius 2 is 1.63 bits per heavy atom. The van der Waals surface area contributed by atoms with Gasteiger partial charge in [0.2, 0.25) is 0 Å². The normalized spacial score (nSPS) is 11.5. The first-order valence-electron chi connectivity index (χ1n) is 8.26. The molecule has 1 heterocycles. The molecule has 7 heteroatoms. The smallest absolute Gasteiger partial charge is 0.321 e. The molecule has 0 amide bonds. The summed E-state index contributed by atoms with van der Waals surface area (Å²) in [5.74, 6) is -0.593. The molecule has 0 atom stereocenters. The predicted octanol–water partition coefficient (Wildman–Crippen LogP) is 3.78. The molecule has 0 fully saturated rings. The number of esters is 1. The molecule has 0 radical (unpaired) electrons.